The van der Waals surface area contributed by atoms with Gasteiger partial charge in [0.15, 0.2) is 0 Å². The van der Waals surface area contributed by atoms with E-state index in [4.69, 9.17) is 0 Å². The number of hydrogen-bond acceptors (Lipinski definition) is 6. The van der Waals surface area contributed by atoms with Crippen LogP contribution in [0.3, 0.4) is 0 Å². The Hall–Kier alpha value is -0.750. The van der Waals surface area contributed by atoms with Crippen LogP contribution in [0.15, 0.2) is 0 Å². The van der Waals surface area contributed by atoms with E-state index in [9.17, 15) is 0 Å². The fourth-order valence-electron chi connectivity index (χ4n) is 2.07. The zero-order chi connectivity index (χ0) is 10.5. The van der Waals surface area contributed by atoms with E-state index in [1.807, 2.05) is 7.05 Å². The second-order valence-corrected chi connectivity index (χ2v) is 4.70. The van der Waals surface area contributed by atoms with Gasteiger partial charge < -0.3 is 10.2 Å². The highest BCUT2D eigenvalue weighted by molar-refractivity contribution is 7.09. The first-order chi connectivity index (χ1) is 7.40. The third-order valence-corrected chi connectivity index (χ3v) is 3.54. The lowest BCUT2D eigenvalue weighted by Crippen LogP contribution is -2.36. The largest absolute Gasteiger partial charge is 0.345 e. The van der Waals surface area contributed by atoms with Crippen molar-refractivity contribution in [1.82, 2.24) is 20.1 Å². The van der Waals surface area contributed by atoms with E-state index in [1.54, 1.807) is 0 Å². The second kappa shape index (κ2) is 5.37. The van der Waals surface area contributed by atoms with Crippen molar-refractivity contribution in [2.75, 3.05) is 31.6 Å². The molecule has 1 atom stereocenters. The molecule has 0 bridgehead atoms. The molecule has 2 heterocycles. The molecule has 1 fully saturated rings. The average Bonchev–Trinajstić information content (AvgIpc) is 2.80. The highest BCUT2D eigenvalue weighted by Gasteiger charge is 2.21. The van der Waals surface area contributed by atoms with Crippen LogP contribution in [0, 0.1) is 5.92 Å². The van der Waals surface area contributed by atoms with Gasteiger partial charge in [-0.25, -0.2) is 0 Å². The van der Waals surface area contributed by atoms with Gasteiger partial charge in [-0.15, -0.1) is 0 Å². The molecule has 1 aliphatic rings. The Morgan fingerprint density at radius 1 is 1.60 bits per heavy atom. The molecular weight excluding hydrogens is 210 g/mol. The first kappa shape index (κ1) is 10.8. The minimum Gasteiger partial charge on any atom is -0.345 e. The topological polar surface area (TPSA) is 53.9 Å². The minimum atomic E-state index is 0.787. The van der Waals surface area contributed by atoms with E-state index >= 15 is 0 Å². The molecular formula is C9H17N5S. The second-order valence-electron chi connectivity index (χ2n) is 3.99. The maximum atomic E-state index is 4.02. The molecule has 1 unspecified atom stereocenters. The fraction of sp³-hybridized carbons (Fsp3) is 0.889. The lowest BCUT2D eigenvalue weighted by molar-refractivity contribution is 0.387. The highest BCUT2D eigenvalue weighted by atomic mass is 32.1. The van der Waals surface area contributed by atoms with Crippen molar-refractivity contribution in [2.24, 2.45) is 5.92 Å². The number of piperidine rings is 1. The zero-order valence-electron chi connectivity index (χ0n) is 9.02. The Morgan fingerprint density at radius 3 is 3.27 bits per heavy atom. The first-order valence-corrected chi connectivity index (χ1v) is 6.22. The first-order valence-electron chi connectivity index (χ1n) is 5.44. The standard InChI is InChI=1S/C9H17N5S/c1-10-5-4-8-3-2-6-14(7-8)9-11-12-13-15-9/h8,10H,2-7H2,1H3. The molecule has 84 valence electrons. The van der Waals surface area contributed by atoms with Crippen LogP contribution < -0.4 is 10.2 Å². The third kappa shape index (κ3) is 2.85. The summed E-state index contributed by atoms with van der Waals surface area (Å²) in [7, 11) is 2.01. The maximum Gasteiger partial charge on any atom is 0.227 e. The van der Waals surface area contributed by atoms with Crippen LogP contribution in [0.1, 0.15) is 19.3 Å². The number of aromatic nitrogens is 3. The smallest absolute Gasteiger partial charge is 0.227 e. The molecule has 1 saturated heterocycles. The molecule has 0 aliphatic carbocycles. The molecule has 0 saturated carbocycles. The molecule has 15 heavy (non-hydrogen) atoms. The van der Waals surface area contributed by atoms with Crippen molar-refractivity contribution in [3.05, 3.63) is 0 Å². The Labute approximate surface area is 94.0 Å². The Bertz CT molecular complexity index is 276. The third-order valence-electron chi connectivity index (χ3n) is 2.88. The van der Waals surface area contributed by atoms with Gasteiger partial charge in [-0.1, -0.05) is 9.59 Å². The highest BCUT2D eigenvalue weighted by Crippen LogP contribution is 2.24. The minimum absolute atomic E-state index is 0.787. The van der Waals surface area contributed by atoms with Gasteiger partial charge in [0.05, 0.1) is 0 Å². The summed E-state index contributed by atoms with van der Waals surface area (Å²) in [5, 5.41) is 11.9. The van der Waals surface area contributed by atoms with Gasteiger partial charge in [-0.05, 0) is 44.0 Å². The molecule has 1 aliphatic heterocycles. The van der Waals surface area contributed by atoms with Crippen LogP contribution >= 0.6 is 11.5 Å². The fourth-order valence-corrected chi connectivity index (χ4v) is 2.57. The van der Waals surface area contributed by atoms with Gasteiger partial charge in [0.1, 0.15) is 0 Å². The summed E-state index contributed by atoms with van der Waals surface area (Å²) >= 11 is 1.39. The van der Waals surface area contributed by atoms with Crippen molar-refractivity contribution in [3.63, 3.8) is 0 Å². The summed E-state index contributed by atoms with van der Waals surface area (Å²) in [5.41, 5.74) is 0. The molecule has 6 heteroatoms. The number of hydrogen-bond donors (Lipinski definition) is 1. The SMILES string of the molecule is CNCCC1CCCN(c2nnns2)C1. The van der Waals surface area contributed by atoms with Gasteiger partial charge in [0, 0.05) is 24.6 Å². The Balaban J connectivity index is 1.87. The van der Waals surface area contributed by atoms with E-state index in [1.165, 1.54) is 30.8 Å². The maximum absolute atomic E-state index is 4.02. The Morgan fingerprint density at radius 2 is 2.53 bits per heavy atom. The monoisotopic (exact) mass is 227 g/mol. The quantitative estimate of drug-likeness (QED) is 0.823. The summed E-state index contributed by atoms with van der Waals surface area (Å²) < 4.78 is 3.81. The van der Waals surface area contributed by atoms with E-state index in [0.717, 1.165) is 30.7 Å². The van der Waals surface area contributed by atoms with Crippen LogP contribution in [0.25, 0.3) is 0 Å². The predicted octanol–water partition coefficient (Wildman–Crippen LogP) is 0.759. The summed E-state index contributed by atoms with van der Waals surface area (Å²) in [6.45, 7) is 3.32. The summed E-state index contributed by atoms with van der Waals surface area (Å²) in [6, 6.07) is 0. The molecule has 0 radical (unpaired) electrons. The van der Waals surface area contributed by atoms with Crippen molar-refractivity contribution in [3.8, 4) is 0 Å². The lowest BCUT2D eigenvalue weighted by atomic mass is 9.95. The van der Waals surface area contributed by atoms with Gasteiger partial charge >= 0.3 is 0 Å². The van der Waals surface area contributed by atoms with E-state index < -0.39 is 0 Å². The predicted molar refractivity (Wildman–Crippen MR) is 61.2 cm³/mol. The van der Waals surface area contributed by atoms with Gasteiger partial charge in [0.2, 0.25) is 5.13 Å². The lowest BCUT2D eigenvalue weighted by Gasteiger charge is -2.31. The normalized spacial score (nSPS) is 21.9. The number of nitrogens with zero attached hydrogens (tertiary/aromatic N) is 4. The van der Waals surface area contributed by atoms with Crippen LogP contribution in [-0.4, -0.2) is 41.5 Å². The molecule has 1 aromatic rings. The van der Waals surface area contributed by atoms with Crippen molar-refractivity contribution >= 4 is 16.7 Å². The zero-order valence-corrected chi connectivity index (χ0v) is 9.83. The number of rotatable bonds is 4. The van der Waals surface area contributed by atoms with Crippen molar-refractivity contribution in [1.29, 1.82) is 0 Å². The van der Waals surface area contributed by atoms with E-state index in [0.29, 0.717) is 0 Å². The molecule has 1 aromatic heterocycles. The molecule has 5 nitrogen and oxygen atoms in total. The van der Waals surface area contributed by atoms with E-state index in [2.05, 4.69) is 25.0 Å². The van der Waals surface area contributed by atoms with Crippen LogP contribution in [0.2, 0.25) is 0 Å². The van der Waals surface area contributed by atoms with Crippen LogP contribution in [-0.2, 0) is 0 Å². The molecule has 1 N–H and O–H groups in total. The molecule has 0 spiro atoms. The van der Waals surface area contributed by atoms with Gasteiger partial charge in [-0.3, -0.25) is 0 Å². The molecule has 0 amide bonds. The van der Waals surface area contributed by atoms with Crippen LogP contribution in [0.5, 0.6) is 0 Å². The Kier molecular flexibility index (Phi) is 3.85. The molecule has 2 rings (SSSR count). The number of nitrogens with one attached hydrogen (secondary N) is 1. The summed E-state index contributed by atoms with van der Waals surface area (Å²) in [5.74, 6) is 0.787. The average molecular weight is 227 g/mol. The summed E-state index contributed by atoms with van der Waals surface area (Å²) in [4.78, 5) is 2.31. The summed E-state index contributed by atoms with van der Waals surface area (Å²) in [6.07, 6.45) is 3.84. The van der Waals surface area contributed by atoms with Gasteiger partial charge in [-0.2, -0.15) is 0 Å². The van der Waals surface area contributed by atoms with E-state index in [-0.39, 0.29) is 0 Å². The van der Waals surface area contributed by atoms with Gasteiger partial charge in [0.25, 0.3) is 0 Å². The van der Waals surface area contributed by atoms with Crippen molar-refractivity contribution in [2.45, 2.75) is 19.3 Å². The van der Waals surface area contributed by atoms with Crippen LogP contribution in [0.4, 0.5) is 5.13 Å². The van der Waals surface area contributed by atoms with Crippen molar-refractivity contribution < 1.29 is 0 Å². The molecule has 0 aromatic carbocycles. The number of anilines is 1.